The molecule has 4 heterocycles. The molecule has 2 aromatic carbocycles. The SMILES string of the molecule is CN1CC(=O)Nc2cccc(Cl)c2C1=O.CN1Cc2c(-c3noc(C4CC4)n3)ncn2-c2cccc(Cl)c2C1=O. The van der Waals surface area contributed by atoms with E-state index in [0.717, 1.165) is 18.5 Å². The van der Waals surface area contributed by atoms with Crippen LogP contribution in [0.4, 0.5) is 5.69 Å². The molecular formula is C27H23Cl2N7O4. The molecule has 1 saturated carbocycles. The Morgan fingerprint density at radius 1 is 0.925 bits per heavy atom. The van der Waals surface area contributed by atoms with Gasteiger partial charge in [0.2, 0.25) is 17.6 Å². The molecule has 4 aromatic rings. The van der Waals surface area contributed by atoms with Crippen molar-refractivity contribution < 1.29 is 18.9 Å². The lowest BCUT2D eigenvalue weighted by Crippen LogP contribution is -2.31. The van der Waals surface area contributed by atoms with Crippen LogP contribution in [0.15, 0.2) is 47.2 Å². The van der Waals surface area contributed by atoms with Crippen LogP contribution >= 0.6 is 23.2 Å². The molecule has 0 atom stereocenters. The van der Waals surface area contributed by atoms with E-state index in [4.69, 9.17) is 27.7 Å². The molecule has 1 fully saturated rings. The maximum atomic E-state index is 12.7. The van der Waals surface area contributed by atoms with Crippen molar-refractivity contribution in [1.82, 2.24) is 29.5 Å². The molecule has 1 N–H and O–H groups in total. The molecule has 40 heavy (non-hydrogen) atoms. The van der Waals surface area contributed by atoms with E-state index in [2.05, 4.69) is 20.4 Å². The molecule has 13 heteroatoms. The average Bonchev–Trinajstić information content (AvgIpc) is 3.56. The van der Waals surface area contributed by atoms with Crippen molar-refractivity contribution >= 4 is 46.6 Å². The summed E-state index contributed by atoms with van der Waals surface area (Å²) in [5.41, 5.74) is 3.47. The number of benzene rings is 2. The van der Waals surface area contributed by atoms with Gasteiger partial charge in [-0.25, -0.2) is 4.98 Å². The maximum absolute atomic E-state index is 12.7. The number of imidazole rings is 1. The first-order valence-electron chi connectivity index (χ1n) is 12.5. The highest BCUT2D eigenvalue weighted by Crippen LogP contribution is 2.40. The number of amides is 3. The van der Waals surface area contributed by atoms with Crippen LogP contribution in [0, 0.1) is 0 Å². The molecule has 7 rings (SSSR count). The Balaban J connectivity index is 0.000000165. The average molecular weight is 580 g/mol. The lowest BCUT2D eigenvalue weighted by molar-refractivity contribution is -0.116. The van der Waals surface area contributed by atoms with E-state index in [1.54, 1.807) is 49.6 Å². The van der Waals surface area contributed by atoms with Gasteiger partial charge in [-0.3, -0.25) is 19.0 Å². The number of nitrogens with one attached hydrogen (secondary N) is 1. The van der Waals surface area contributed by atoms with Gasteiger partial charge in [-0.2, -0.15) is 4.98 Å². The summed E-state index contributed by atoms with van der Waals surface area (Å²) < 4.78 is 7.24. The van der Waals surface area contributed by atoms with Crippen LogP contribution in [-0.4, -0.2) is 67.9 Å². The van der Waals surface area contributed by atoms with Gasteiger partial charge in [0.25, 0.3) is 11.8 Å². The van der Waals surface area contributed by atoms with Crippen molar-refractivity contribution in [2.24, 2.45) is 0 Å². The molecule has 2 aromatic heterocycles. The highest BCUT2D eigenvalue weighted by Gasteiger charge is 2.33. The van der Waals surface area contributed by atoms with E-state index >= 15 is 0 Å². The van der Waals surface area contributed by atoms with Crippen molar-refractivity contribution in [3.05, 3.63) is 75.5 Å². The minimum atomic E-state index is -0.242. The predicted octanol–water partition coefficient (Wildman–Crippen LogP) is 4.40. The van der Waals surface area contributed by atoms with Crippen molar-refractivity contribution in [1.29, 1.82) is 0 Å². The lowest BCUT2D eigenvalue weighted by Gasteiger charge is -2.14. The van der Waals surface area contributed by atoms with Gasteiger partial charge < -0.3 is 19.6 Å². The second kappa shape index (κ2) is 10.1. The Hall–Kier alpha value is -4.22. The fraction of sp³-hybridized carbons (Fsp3) is 0.259. The summed E-state index contributed by atoms with van der Waals surface area (Å²) in [6, 6.07) is 10.4. The van der Waals surface area contributed by atoms with E-state index in [1.165, 1.54) is 4.90 Å². The van der Waals surface area contributed by atoms with Gasteiger partial charge in [-0.1, -0.05) is 40.5 Å². The van der Waals surface area contributed by atoms with Crippen LogP contribution in [0.25, 0.3) is 17.2 Å². The summed E-state index contributed by atoms with van der Waals surface area (Å²) in [6.07, 6.45) is 3.86. The molecule has 0 unspecified atom stereocenters. The molecule has 0 saturated heterocycles. The molecule has 3 amide bonds. The zero-order valence-electron chi connectivity index (χ0n) is 21.5. The second-order valence-corrected chi connectivity index (χ2v) is 10.6. The van der Waals surface area contributed by atoms with Gasteiger partial charge in [0.1, 0.15) is 12.0 Å². The molecule has 1 aliphatic carbocycles. The Morgan fingerprint density at radius 2 is 1.60 bits per heavy atom. The van der Waals surface area contributed by atoms with E-state index in [9.17, 15) is 14.4 Å². The van der Waals surface area contributed by atoms with E-state index < -0.39 is 0 Å². The standard InChI is InChI=1S/C17H14ClN5O2.C10H9ClN2O2/c1-22-7-12-14(15-20-16(25-21-15)9-5-6-9)19-8-23(12)11-4-2-3-10(18)13(11)17(22)24;1-13-5-8(14)12-7-4-2-3-6(11)9(7)10(13)15/h2-4,8-9H,5-7H2,1H3;2-4H,5H2,1H3,(H,12,14). The molecule has 0 spiro atoms. The minimum Gasteiger partial charge on any atom is -0.339 e. The van der Waals surface area contributed by atoms with Crippen LogP contribution in [0.5, 0.6) is 0 Å². The summed E-state index contributed by atoms with van der Waals surface area (Å²) in [6.45, 7) is 0.427. The van der Waals surface area contributed by atoms with Gasteiger partial charge in [0.05, 0.1) is 51.3 Å². The van der Waals surface area contributed by atoms with Gasteiger partial charge in [-0.05, 0) is 37.1 Å². The number of hydrogen-bond donors (Lipinski definition) is 1. The van der Waals surface area contributed by atoms with Gasteiger partial charge in [0, 0.05) is 20.0 Å². The largest absolute Gasteiger partial charge is 0.339 e. The number of carbonyl (C=O) groups excluding carboxylic acids is 3. The fourth-order valence-electron chi connectivity index (χ4n) is 4.67. The van der Waals surface area contributed by atoms with Crippen LogP contribution in [0.3, 0.4) is 0 Å². The third-order valence-corrected chi connectivity index (χ3v) is 7.50. The first-order valence-corrected chi connectivity index (χ1v) is 13.3. The minimum absolute atomic E-state index is 0.0455. The summed E-state index contributed by atoms with van der Waals surface area (Å²) in [5, 5.41) is 7.50. The van der Waals surface area contributed by atoms with Gasteiger partial charge >= 0.3 is 0 Å². The summed E-state index contributed by atoms with van der Waals surface area (Å²) in [4.78, 5) is 47.9. The quantitative estimate of drug-likeness (QED) is 0.373. The lowest BCUT2D eigenvalue weighted by atomic mass is 10.1. The number of anilines is 1. The number of likely N-dealkylation sites (N-methyl/N-ethyl adjacent to an activating group) is 1. The van der Waals surface area contributed by atoms with Crippen LogP contribution < -0.4 is 5.32 Å². The Kier molecular flexibility index (Phi) is 6.55. The molecule has 3 aliphatic rings. The monoisotopic (exact) mass is 579 g/mol. The summed E-state index contributed by atoms with van der Waals surface area (Å²) in [7, 11) is 3.31. The molecule has 0 radical (unpaired) electrons. The number of rotatable bonds is 2. The van der Waals surface area contributed by atoms with Crippen LogP contribution in [0.1, 0.15) is 51.1 Å². The maximum Gasteiger partial charge on any atom is 0.257 e. The first kappa shape index (κ1) is 26.0. The third-order valence-electron chi connectivity index (χ3n) is 6.87. The highest BCUT2D eigenvalue weighted by atomic mass is 35.5. The zero-order valence-corrected chi connectivity index (χ0v) is 23.0. The highest BCUT2D eigenvalue weighted by molar-refractivity contribution is 6.35. The van der Waals surface area contributed by atoms with Crippen molar-refractivity contribution in [2.75, 3.05) is 26.0 Å². The number of hydrogen-bond acceptors (Lipinski definition) is 7. The molecule has 11 nitrogen and oxygen atoms in total. The first-order chi connectivity index (χ1) is 19.2. The van der Waals surface area contributed by atoms with Crippen LogP contribution in [0.2, 0.25) is 10.0 Å². The fourth-order valence-corrected chi connectivity index (χ4v) is 5.18. The third kappa shape index (κ3) is 4.61. The van der Waals surface area contributed by atoms with E-state index in [1.807, 2.05) is 16.7 Å². The Bertz CT molecular complexity index is 1680. The molecular weight excluding hydrogens is 557 g/mol. The van der Waals surface area contributed by atoms with Crippen molar-refractivity contribution in [3.8, 4) is 17.2 Å². The van der Waals surface area contributed by atoms with Crippen molar-refractivity contribution in [2.45, 2.75) is 25.3 Å². The second-order valence-electron chi connectivity index (χ2n) is 9.81. The predicted molar refractivity (Wildman–Crippen MR) is 147 cm³/mol. The Morgan fingerprint density at radius 3 is 2.35 bits per heavy atom. The smallest absolute Gasteiger partial charge is 0.257 e. The zero-order chi connectivity index (χ0) is 28.1. The number of aromatic nitrogens is 4. The number of carbonyl (C=O) groups is 3. The Labute approximate surface area is 238 Å². The number of nitrogens with zero attached hydrogens (tertiary/aromatic N) is 6. The van der Waals surface area contributed by atoms with Crippen LogP contribution in [-0.2, 0) is 11.3 Å². The van der Waals surface area contributed by atoms with Crippen molar-refractivity contribution in [3.63, 3.8) is 0 Å². The molecule has 204 valence electrons. The normalized spacial score (nSPS) is 16.2. The molecule has 0 bridgehead atoms. The van der Waals surface area contributed by atoms with E-state index in [-0.39, 0.29) is 24.3 Å². The molecule has 2 aliphatic heterocycles. The summed E-state index contributed by atoms with van der Waals surface area (Å²) >= 11 is 12.2. The van der Waals surface area contributed by atoms with E-state index in [0.29, 0.717) is 62.4 Å². The topological polar surface area (TPSA) is 126 Å². The number of halogens is 2. The van der Waals surface area contributed by atoms with Gasteiger partial charge in [0.15, 0.2) is 0 Å². The summed E-state index contributed by atoms with van der Waals surface area (Å²) in [5.74, 6) is 0.925. The van der Waals surface area contributed by atoms with Gasteiger partial charge in [-0.15, -0.1) is 0 Å². The number of fused-ring (bicyclic) bond motifs is 4.